The lowest BCUT2D eigenvalue weighted by Crippen LogP contribution is -2.14. The molecule has 0 bridgehead atoms. The molecule has 0 unspecified atom stereocenters. The topological polar surface area (TPSA) is 66.9 Å². The highest BCUT2D eigenvalue weighted by Crippen LogP contribution is 2.21. The lowest BCUT2D eigenvalue weighted by molar-refractivity contribution is 0.102. The van der Waals surface area contributed by atoms with Crippen LogP contribution in [-0.4, -0.2) is 16.1 Å². The number of nitrogens with one attached hydrogen (secondary N) is 2. The fraction of sp³-hybridized carbons (Fsp3) is 0. The van der Waals surface area contributed by atoms with Gasteiger partial charge in [-0.2, -0.15) is 0 Å². The number of hydrogen-bond acceptors (Lipinski definition) is 4. The van der Waals surface area contributed by atoms with Gasteiger partial charge in [0, 0.05) is 5.69 Å². The number of amides is 1. The average Bonchev–Trinajstić information content (AvgIpc) is 2.59. The summed E-state index contributed by atoms with van der Waals surface area (Å²) in [6.07, 6.45) is 0. The van der Waals surface area contributed by atoms with Gasteiger partial charge in [-0.3, -0.25) is 4.79 Å². The second-order valence-corrected chi connectivity index (χ2v) is 4.99. The molecule has 0 aliphatic carbocycles. The Morgan fingerprint density at radius 1 is 0.880 bits per heavy atom. The molecule has 0 atom stereocenters. The summed E-state index contributed by atoms with van der Waals surface area (Å²) >= 11 is 0. The van der Waals surface area contributed by atoms with E-state index in [2.05, 4.69) is 20.8 Å². The first-order valence-electron chi connectivity index (χ1n) is 7.14. The van der Waals surface area contributed by atoms with Gasteiger partial charge >= 0.3 is 0 Å². The number of aromatic nitrogens is 2. The minimum Gasteiger partial charge on any atom is -0.334 e. The van der Waals surface area contributed by atoms with Crippen molar-refractivity contribution in [2.75, 3.05) is 10.6 Å². The summed E-state index contributed by atoms with van der Waals surface area (Å²) in [6.45, 7) is 0. The van der Waals surface area contributed by atoms with Crippen molar-refractivity contribution in [3.63, 3.8) is 0 Å². The van der Waals surface area contributed by atoms with E-state index in [1.807, 2.05) is 0 Å². The van der Waals surface area contributed by atoms with Crippen LogP contribution in [0, 0.1) is 17.5 Å². The van der Waals surface area contributed by atoms with Crippen molar-refractivity contribution >= 4 is 23.1 Å². The zero-order valence-corrected chi connectivity index (χ0v) is 12.6. The van der Waals surface area contributed by atoms with Gasteiger partial charge in [0.2, 0.25) is 0 Å². The van der Waals surface area contributed by atoms with Crippen LogP contribution in [0.25, 0.3) is 0 Å². The number of halogens is 3. The van der Waals surface area contributed by atoms with Gasteiger partial charge in [-0.25, -0.2) is 13.2 Å². The lowest BCUT2D eigenvalue weighted by atomic mass is 10.2. The standard InChI is InChI=1S/C17H11F3N4O/c18-10-3-1-4-11(9-10)21-17(25)14-7-8-15(24-23-14)22-16-12(19)5-2-6-13(16)20/h1-9H,(H,21,25)(H,22,24). The third-order valence-electron chi connectivity index (χ3n) is 3.20. The number of hydrogen-bond donors (Lipinski definition) is 2. The molecule has 0 radical (unpaired) electrons. The summed E-state index contributed by atoms with van der Waals surface area (Å²) in [5, 5.41) is 12.3. The summed E-state index contributed by atoms with van der Waals surface area (Å²) in [4.78, 5) is 12.0. The molecule has 2 aromatic carbocycles. The first kappa shape index (κ1) is 16.4. The van der Waals surface area contributed by atoms with E-state index in [9.17, 15) is 18.0 Å². The van der Waals surface area contributed by atoms with E-state index in [1.165, 1.54) is 36.4 Å². The van der Waals surface area contributed by atoms with Crippen LogP contribution in [0.15, 0.2) is 54.6 Å². The van der Waals surface area contributed by atoms with Crippen LogP contribution in [-0.2, 0) is 0 Å². The van der Waals surface area contributed by atoms with Gasteiger partial charge < -0.3 is 10.6 Å². The predicted octanol–water partition coefficient (Wildman–Crippen LogP) is 3.89. The van der Waals surface area contributed by atoms with Crippen LogP contribution >= 0.6 is 0 Å². The maximum atomic E-state index is 13.6. The van der Waals surface area contributed by atoms with Crippen molar-refractivity contribution in [1.82, 2.24) is 10.2 Å². The molecular formula is C17H11F3N4O. The van der Waals surface area contributed by atoms with E-state index >= 15 is 0 Å². The van der Waals surface area contributed by atoms with Gasteiger partial charge in [0.25, 0.3) is 5.91 Å². The summed E-state index contributed by atoms with van der Waals surface area (Å²) in [6, 6.07) is 11.5. The fourth-order valence-electron chi connectivity index (χ4n) is 2.03. The third-order valence-corrected chi connectivity index (χ3v) is 3.20. The molecule has 1 heterocycles. The summed E-state index contributed by atoms with van der Waals surface area (Å²) in [7, 11) is 0. The molecule has 0 aliphatic rings. The van der Waals surface area contributed by atoms with E-state index in [0.717, 1.165) is 18.2 Å². The molecule has 5 nitrogen and oxygen atoms in total. The van der Waals surface area contributed by atoms with Gasteiger partial charge in [-0.05, 0) is 42.5 Å². The Morgan fingerprint density at radius 3 is 2.24 bits per heavy atom. The number of nitrogens with zero attached hydrogens (tertiary/aromatic N) is 2. The molecule has 0 spiro atoms. The lowest BCUT2D eigenvalue weighted by Gasteiger charge is -2.08. The molecule has 8 heteroatoms. The first-order chi connectivity index (χ1) is 12.0. The largest absolute Gasteiger partial charge is 0.334 e. The van der Waals surface area contributed by atoms with E-state index < -0.39 is 23.4 Å². The fourth-order valence-corrected chi connectivity index (χ4v) is 2.03. The highest BCUT2D eigenvalue weighted by molar-refractivity contribution is 6.02. The van der Waals surface area contributed by atoms with E-state index in [0.29, 0.717) is 0 Å². The number of rotatable bonds is 4. The molecule has 1 amide bonds. The average molecular weight is 344 g/mol. The molecule has 0 aliphatic heterocycles. The van der Waals surface area contributed by atoms with Crippen molar-refractivity contribution in [3.8, 4) is 0 Å². The van der Waals surface area contributed by atoms with Crippen molar-refractivity contribution in [2.45, 2.75) is 0 Å². The second-order valence-electron chi connectivity index (χ2n) is 4.99. The maximum Gasteiger partial charge on any atom is 0.276 e. The number of para-hydroxylation sites is 1. The van der Waals surface area contributed by atoms with E-state index in [4.69, 9.17) is 0 Å². The Hall–Kier alpha value is -3.42. The molecule has 3 rings (SSSR count). The Balaban J connectivity index is 1.72. The monoisotopic (exact) mass is 344 g/mol. The molecule has 25 heavy (non-hydrogen) atoms. The van der Waals surface area contributed by atoms with Crippen molar-refractivity contribution < 1.29 is 18.0 Å². The molecule has 2 N–H and O–H groups in total. The Bertz CT molecular complexity index is 896. The normalized spacial score (nSPS) is 10.4. The molecule has 0 saturated carbocycles. The Morgan fingerprint density at radius 2 is 1.60 bits per heavy atom. The van der Waals surface area contributed by atoms with Crippen molar-refractivity contribution in [3.05, 3.63) is 77.7 Å². The Kier molecular flexibility index (Phi) is 4.60. The maximum absolute atomic E-state index is 13.6. The SMILES string of the molecule is O=C(Nc1cccc(F)c1)c1ccc(Nc2c(F)cccc2F)nn1. The molecule has 0 fully saturated rings. The number of carbonyl (C=O) groups is 1. The molecule has 126 valence electrons. The zero-order valence-electron chi connectivity index (χ0n) is 12.6. The van der Waals surface area contributed by atoms with Crippen LogP contribution in [0.2, 0.25) is 0 Å². The minimum atomic E-state index is -0.783. The molecule has 1 aromatic heterocycles. The second kappa shape index (κ2) is 7.00. The zero-order chi connectivity index (χ0) is 17.8. The van der Waals surface area contributed by atoms with Crippen LogP contribution < -0.4 is 10.6 Å². The van der Waals surface area contributed by atoms with Crippen LogP contribution in [0.5, 0.6) is 0 Å². The number of anilines is 3. The van der Waals surface area contributed by atoms with E-state index in [-0.39, 0.29) is 22.9 Å². The van der Waals surface area contributed by atoms with Crippen LogP contribution in [0.4, 0.5) is 30.4 Å². The van der Waals surface area contributed by atoms with Gasteiger partial charge in [-0.1, -0.05) is 12.1 Å². The van der Waals surface area contributed by atoms with Gasteiger partial charge in [0.05, 0.1) is 0 Å². The minimum absolute atomic E-state index is 0.0381. The predicted molar refractivity (Wildman–Crippen MR) is 86.0 cm³/mol. The molecular weight excluding hydrogens is 333 g/mol. The van der Waals surface area contributed by atoms with Gasteiger partial charge in [-0.15, -0.1) is 10.2 Å². The van der Waals surface area contributed by atoms with Crippen molar-refractivity contribution in [2.24, 2.45) is 0 Å². The highest BCUT2D eigenvalue weighted by Gasteiger charge is 2.12. The number of carbonyl (C=O) groups excluding carboxylic acids is 1. The van der Waals surface area contributed by atoms with Crippen LogP contribution in [0.3, 0.4) is 0 Å². The van der Waals surface area contributed by atoms with E-state index in [1.54, 1.807) is 0 Å². The quantitative estimate of drug-likeness (QED) is 0.753. The highest BCUT2D eigenvalue weighted by atomic mass is 19.1. The number of benzene rings is 2. The van der Waals surface area contributed by atoms with Crippen LogP contribution in [0.1, 0.15) is 10.5 Å². The Labute approximate surface area is 140 Å². The molecule has 3 aromatic rings. The summed E-state index contributed by atoms with van der Waals surface area (Å²) in [5.41, 5.74) is -0.139. The van der Waals surface area contributed by atoms with Gasteiger partial charge in [0.1, 0.15) is 23.1 Å². The third kappa shape index (κ3) is 3.92. The smallest absolute Gasteiger partial charge is 0.276 e. The molecule has 0 saturated heterocycles. The van der Waals surface area contributed by atoms with Crippen molar-refractivity contribution in [1.29, 1.82) is 0 Å². The first-order valence-corrected chi connectivity index (χ1v) is 7.14. The van der Waals surface area contributed by atoms with Gasteiger partial charge in [0.15, 0.2) is 11.5 Å². The summed E-state index contributed by atoms with van der Waals surface area (Å²) < 4.78 is 40.2. The summed E-state index contributed by atoms with van der Waals surface area (Å²) in [5.74, 6) is -2.59.